The van der Waals surface area contributed by atoms with E-state index in [1.54, 1.807) is 0 Å². The normalized spacial score (nSPS) is 21.0. The second kappa shape index (κ2) is 8.54. The first kappa shape index (κ1) is 20.6. The average molecular weight is 513 g/mol. The van der Waals surface area contributed by atoms with Crippen LogP contribution in [0.1, 0.15) is 35.1 Å². The van der Waals surface area contributed by atoms with Crippen LogP contribution >= 0.6 is 0 Å². The van der Waals surface area contributed by atoms with Crippen molar-refractivity contribution in [3.8, 4) is 17.0 Å². The Kier molecular flexibility index (Phi) is 4.89. The fourth-order valence-corrected chi connectivity index (χ4v) is 4.62. The SMILES string of the molecule is [2H]C([2H])([2H])N1CC[C@H](c2c(F)c(-c3ccc4nnn([C@@H](C)C(F)F)c4c3)c3c(OC)nc(N)nn23)C(F)(F)C1. The van der Waals surface area contributed by atoms with Gasteiger partial charge in [-0.15, -0.1) is 10.2 Å². The maximum absolute atomic E-state index is 16.4. The number of halogens is 5. The highest BCUT2D eigenvalue weighted by molar-refractivity contribution is 5.90. The van der Waals surface area contributed by atoms with E-state index in [0.29, 0.717) is 4.90 Å². The lowest BCUT2D eigenvalue weighted by Gasteiger charge is -2.36. The topological polar surface area (TPSA) is 99.4 Å². The van der Waals surface area contributed by atoms with Crippen molar-refractivity contribution >= 4 is 22.5 Å². The van der Waals surface area contributed by atoms with Crippen LogP contribution in [0.15, 0.2) is 18.2 Å². The number of nitrogens with two attached hydrogens (primary N) is 1. The monoisotopic (exact) mass is 513 g/mol. The number of nitrogens with zero attached hydrogens (tertiary/aromatic N) is 7. The van der Waals surface area contributed by atoms with Gasteiger partial charge in [0.15, 0.2) is 5.82 Å². The molecule has 0 bridgehead atoms. The van der Waals surface area contributed by atoms with Crippen molar-refractivity contribution in [1.82, 2.24) is 34.5 Å². The van der Waals surface area contributed by atoms with Crippen LogP contribution in [0.2, 0.25) is 0 Å². The molecule has 5 rings (SSSR count). The molecular formula is C22H23F5N8O. The molecule has 2 N–H and O–H groups in total. The first-order chi connectivity index (χ1) is 18.2. The summed E-state index contributed by atoms with van der Waals surface area (Å²) >= 11 is 0. The van der Waals surface area contributed by atoms with E-state index in [9.17, 15) is 8.78 Å². The molecule has 0 unspecified atom stereocenters. The number of rotatable bonds is 5. The highest BCUT2D eigenvalue weighted by Gasteiger charge is 2.48. The van der Waals surface area contributed by atoms with Crippen molar-refractivity contribution < 1.29 is 30.8 Å². The molecule has 0 radical (unpaired) electrons. The Bertz CT molecular complexity index is 1560. The third-order valence-corrected chi connectivity index (χ3v) is 6.38. The van der Waals surface area contributed by atoms with Gasteiger partial charge in [-0.1, -0.05) is 11.3 Å². The molecule has 1 aliphatic heterocycles. The number of methoxy groups -OCH3 is 1. The number of hydrogen-bond acceptors (Lipinski definition) is 7. The number of nitrogen functional groups attached to an aromatic ring is 1. The number of benzene rings is 1. The first-order valence-electron chi connectivity index (χ1n) is 12.4. The van der Waals surface area contributed by atoms with Crippen molar-refractivity contribution in [3.63, 3.8) is 0 Å². The van der Waals surface area contributed by atoms with Crippen LogP contribution in [0, 0.1) is 5.82 Å². The van der Waals surface area contributed by atoms with Crippen molar-refractivity contribution in [2.75, 3.05) is 32.9 Å². The summed E-state index contributed by atoms with van der Waals surface area (Å²) in [6, 6.07) is 2.88. The smallest absolute Gasteiger partial charge is 0.268 e. The summed E-state index contributed by atoms with van der Waals surface area (Å²) in [5.74, 6) is -7.11. The largest absolute Gasteiger partial charge is 0.479 e. The molecule has 3 aromatic heterocycles. The molecule has 2 atom stereocenters. The van der Waals surface area contributed by atoms with E-state index in [1.165, 1.54) is 32.2 Å². The van der Waals surface area contributed by atoms with E-state index in [2.05, 4.69) is 20.4 Å². The molecule has 36 heavy (non-hydrogen) atoms. The Morgan fingerprint density at radius 2 is 2.08 bits per heavy atom. The summed E-state index contributed by atoms with van der Waals surface area (Å²) in [6.07, 6.45) is -3.17. The van der Waals surface area contributed by atoms with Gasteiger partial charge >= 0.3 is 0 Å². The van der Waals surface area contributed by atoms with Crippen LogP contribution < -0.4 is 10.5 Å². The fraction of sp³-hybridized carbons (Fsp3) is 0.455. The molecule has 1 aromatic carbocycles. The lowest BCUT2D eigenvalue weighted by Crippen LogP contribution is -2.46. The maximum Gasteiger partial charge on any atom is 0.268 e. The van der Waals surface area contributed by atoms with Crippen molar-refractivity contribution in [3.05, 3.63) is 29.7 Å². The Hall–Kier alpha value is -3.55. The highest BCUT2D eigenvalue weighted by Crippen LogP contribution is 2.46. The number of anilines is 1. The van der Waals surface area contributed by atoms with Crippen molar-refractivity contribution in [2.24, 2.45) is 0 Å². The van der Waals surface area contributed by atoms with Crippen LogP contribution in [0.5, 0.6) is 5.88 Å². The lowest BCUT2D eigenvalue weighted by atomic mass is 9.89. The maximum atomic E-state index is 16.4. The highest BCUT2D eigenvalue weighted by atomic mass is 19.3. The summed E-state index contributed by atoms with van der Waals surface area (Å²) in [5, 5.41) is 11.7. The summed E-state index contributed by atoms with van der Waals surface area (Å²) < 4.78 is 104. The number of fused-ring (bicyclic) bond motifs is 2. The summed E-state index contributed by atoms with van der Waals surface area (Å²) in [4.78, 5) is 4.63. The Balaban J connectivity index is 1.74. The van der Waals surface area contributed by atoms with E-state index < -0.39 is 55.8 Å². The Morgan fingerprint density at radius 1 is 1.31 bits per heavy atom. The molecule has 1 saturated heterocycles. The van der Waals surface area contributed by atoms with Crippen molar-refractivity contribution in [2.45, 2.75) is 37.7 Å². The van der Waals surface area contributed by atoms with E-state index >= 15 is 13.2 Å². The molecule has 4 aromatic rings. The van der Waals surface area contributed by atoms with Gasteiger partial charge in [-0.05, 0) is 44.6 Å². The number of hydrogen-bond donors (Lipinski definition) is 1. The average Bonchev–Trinajstić information content (AvgIpc) is 3.39. The van der Waals surface area contributed by atoms with Gasteiger partial charge in [-0.3, -0.25) is 0 Å². The van der Waals surface area contributed by atoms with Gasteiger partial charge in [0.25, 0.3) is 12.3 Å². The number of likely N-dealkylation sites (tertiary alicyclic amines) is 1. The van der Waals surface area contributed by atoms with E-state index in [1.807, 2.05) is 0 Å². The standard InChI is InChI=1S/C22H23F5N8O/c1-10(19(24)25)34-14-8-11(4-5-13(14)30-32-34)15-16(23)17(12-6-7-33(2)9-22(12,26)27)35-18(15)20(36-3)29-21(28)31-35/h4-5,8,10,12,19H,6-7,9H2,1-3H3,(H2,28,31)/t10-,12+/m0/s1/i2D3. The zero-order valence-corrected chi connectivity index (χ0v) is 19.1. The van der Waals surface area contributed by atoms with Gasteiger partial charge in [0.1, 0.15) is 17.1 Å². The predicted octanol–water partition coefficient (Wildman–Crippen LogP) is 3.75. The van der Waals surface area contributed by atoms with Gasteiger partial charge in [-0.2, -0.15) is 4.98 Å². The molecule has 9 nitrogen and oxygen atoms in total. The van der Waals surface area contributed by atoms with Crippen LogP contribution in [-0.4, -0.2) is 74.0 Å². The molecule has 4 heterocycles. The van der Waals surface area contributed by atoms with Crippen LogP contribution in [-0.2, 0) is 0 Å². The lowest BCUT2D eigenvalue weighted by molar-refractivity contribution is -0.0788. The van der Waals surface area contributed by atoms with E-state index in [0.717, 1.165) is 9.20 Å². The first-order valence-corrected chi connectivity index (χ1v) is 10.9. The van der Waals surface area contributed by atoms with Crippen LogP contribution in [0.25, 0.3) is 27.7 Å². The third kappa shape index (κ3) is 3.70. The molecule has 0 aliphatic carbocycles. The summed E-state index contributed by atoms with van der Waals surface area (Å²) in [5.41, 5.74) is 5.43. The van der Waals surface area contributed by atoms with Gasteiger partial charge in [-0.25, -0.2) is 31.1 Å². The second-order valence-corrected chi connectivity index (χ2v) is 8.65. The predicted molar refractivity (Wildman–Crippen MR) is 121 cm³/mol. The van der Waals surface area contributed by atoms with Gasteiger partial charge in [0, 0.05) is 4.11 Å². The molecule has 0 saturated carbocycles. The molecule has 0 amide bonds. The second-order valence-electron chi connectivity index (χ2n) is 8.65. The minimum atomic E-state index is -3.66. The van der Waals surface area contributed by atoms with E-state index in [4.69, 9.17) is 14.6 Å². The zero-order valence-electron chi connectivity index (χ0n) is 22.1. The van der Waals surface area contributed by atoms with Crippen LogP contribution in [0.3, 0.4) is 0 Å². The third-order valence-electron chi connectivity index (χ3n) is 6.38. The van der Waals surface area contributed by atoms with Gasteiger partial charge in [0.2, 0.25) is 11.8 Å². The Labute approximate surface area is 205 Å². The fourth-order valence-electron chi connectivity index (χ4n) is 4.62. The molecule has 1 aliphatic rings. The number of ether oxygens (including phenoxy) is 1. The van der Waals surface area contributed by atoms with E-state index in [-0.39, 0.29) is 46.1 Å². The number of aromatic nitrogens is 6. The minimum absolute atomic E-state index is 0.115. The Morgan fingerprint density at radius 3 is 2.75 bits per heavy atom. The quantitative estimate of drug-likeness (QED) is 0.406. The molecular weight excluding hydrogens is 487 g/mol. The molecule has 1 fully saturated rings. The zero-order chi connectivity index (χ0) is 28.4. The summed E-state index contributed by atoms with van der Waals surface area (Å²) in [7, 11) is 1.23. The molecule has 192 valence electrons. The van der Waals surface area contributed by atoms with Gasteiger partial charge < -0.3 is 15.4 Å². The number of alkyl halides is 4. The van der Waals surface area contributed by atoms with Crippen molar-refractivity contribution in [1.29, 1.82) is 0 Å². The molecule has 14 heteroatoms. The summed E-state index contributed by atoms with van der Waals surface area (Å²) in [6.45, 7) is -2.89. The minimum Gasteiger partial charge on any atom is -0.479 e. The van der Waals surface area contributed by atoms with Crippen LogP contribution in [0.4, 0.5) is 27.9 Å². The molecule has 0 spiro atoms. The van der Waals surface area contributed by atoms with Gasteiger partial charge in [0.05, 0.1) is 36.3 Å². The number of piperidine rings is 1.